The number of benzene rings is 1. The van der Waals surface area contributed by atoms with Gasteiger partial charge in [-0.3, -0.25) is 0 Å². The molecule has 0 fully saturated rings. The maximum Gasteiger partial charge on any atom is 0.416 e. The summed E-state index contributed by atoms with van der Waals surface area (Å²) in [5, 5.41) is 0. The van der Waals surface area contributed by atoms with Crippen LogP contribution in [0.4, 0.5) is 18.9 Å². The van der Waals surface area contributed by atoms with Crippen LogP contribution in [0.3, 0.4) is 0 Å². The second-order valence-corrected chi connectivity index (χ2v) is 4.15. The molecule has 0 aliphatic carbocycles. The molecule has 0 aliphatic rings. The largest absolute Gasteiger partial charge is 0.459 e. The van der Waals surface area contributed by atoms with E-state index in [-0.39, 0.29) is 22.9 Å². The number of carbonyl (C=O) groups excluding carboxylic acids is 1. The van der Waals surface area contributed by atoms with E-state index in [0.717, 1.165) is 12.1 Å². The van der Waals surface area contributed by atoms with Gasteiger partial charge in [0.15, 0.2) is 0 Å². The Morgan fingerprint density at radius 3 is 2.33 bits per heavy atom. The number of hydrogen-bond acceptors (Lipinski definition) is 3. The normalized spacial score (nSPS) is 11.7. The fourth-order valence-corrected chi connectivity index (χ4v) is 1.49. The van der Waals surface area contributed by atoms with Crippen molar-refractivity contribution in [2.75, 3.05) is 5.73 Å². The van der Waals surface area contributed by atoms with E-state index in [1.54, 1.807) is 13.8 Å². The zero-order chi connectivity index (χ0) is 14.1. The third-order valence-corrected chi connectivity index (χ3v) is 2.38. The Morgan fingerprint density at radius 1 is 1.33 bits per heavy atom. The molecule has 100 valence electrons. The summed E-state index contributed by atoms with van der Waals surface area (Å²) in [5.74, 6) is -0.723. The Kier molecular flexibility index (Phi) is 3.88. The van der Waals surface area contributed by atoms with Crippen LogP contribution >= 0.6 is 0 Å². The SMILES string of the molecule is Cc1c(C(F)(F)F)ccc(C(=O)OC(C)C)c1N. The van der Waals surface area contributed by atoms with Crippen LogP contribution in [0.1, 0.15) is 35.3 Å². The molecule has 6 heteroatoms. The minimum absolute atomic E-state index is 0.0470. The highest BCUT2D eigenvalue weighted by atomic mass is 19.4. The van der Waals surface area contributed by atoms with Crippen molar-refractivity contribution in [2.45, 2.75) is 33.1 Å². The predicted octanol–water partition coefficient (Wildman–Crippen LogP) is 3.16. The molecule has 0 heterocycles. The maximum atomic E-state index is 12.6. The standard InChI is InChI=1S/C12H14F3NO2/c1-6(2)18-11(17)8-4-5-9(12(13,14)15)7(3)10(8)16/h4-6H,16H2,1-3H3. The van der Waals surface area contributed by atoms with Crippen LogP contribution in [-0.4, -0.2) is 12.1 Å². The molecule has 0 bridgehead atoms. The van der Waals surface area contributed by atoms with E-state index in [2.05, 4.69) is 0 Å². The van der Waals surface area contributed by atoms with E-state index in [0.29, 0.717) is 0 Å². The first-order valence-corrected chi connectivity index (χ1v) is 5.31. The van der Waals surface area contributed by atoms with Crippen molar-refractivity contribution in [3.8, 4) is 0 Å². The lowest BCUT2D eigenvalue weighted by atomic mass is 10.0. The van der Waals surface area contributed by atoms with Crippen LogP contribution in [0.15, 0.2) is 12.1 Å². The van der Waals surface area contributed by atoms with E-state index in [9.17, 15) is 18.0 Å². The highest BCUT2D eigenvalue weighted by Crippen LogP contribution is 2.35. The monoisotopic (exact) mass is 261 g/mol. The maximum absolute atomic E-state index is 12.6. The van der Waals surface area contributed by atoms with Gasteiger partial charge in [-0.15, -0.1) is 0 Å². The molecule has 0 saturated heterocycles. The summed E-state index contributed by atoms with van der Waals surface area (Å²) in [7, 11) is 0. The zero-order valence-electron chi connectivity index (χ0n) is 10.3. The van der Waals surface area contributed by atoms with Crippen LogP contribution in [0, 0.1) is 6.92 Å². The van der Waals surface area contributed by atoms with Crippen molar-refractivity contribution in [1.82, 2.24) is 0 Å². The average molecular weight is 261 g/mol. The van der Waals surface area contributed by atoms with E-state index < -0.39 is 17.7 Å². The predicted molar refractivity (Wildman–Crippen MR) is 61.1 cm³/mol. The number of hydrogen-bond donors (Lipinski definition) is 1. The molecule has 0 aliphatic heterocycles. The molecule has 2 N–H and O–H groups in total. The molecule has 0 spiro atoms. The molecule has 1 aromatic carbocycles. The third-order valence-electron chi connectivity index (χ3n) is 2.38. The minimum atomic E-state index is -4.49. The minimum Gasteiger partial charge on any atom is -0.459 e. The summed E-state index contributed by atoms with van der Waals surface area (Å²) in [6.45, 7) is 4.51. The van der Waals surface area contributed by atoms with Crippen LogP contribution in [-0.2, 0) is 10.9 Å². The fourth-order valence-electron chi connectivity index (χ4n) is 1.49. The van der Waals surface area contributed by atoms with Gasteiger partial charge in [-0.1, -0.05) is 0 Å². The molecule has 1 aromatic rings. The number of alkyl halides is 3. The van der Waals surface area contributed by atoms with Gasteiger partial charge in [-0.05, 0) is 38.5 Å². The molecule has 0 unspecified atom stereocenters. The first kappa shape index (κ1) is 14.3. The van der Waals surface area contributed by atoms with Gasteiger partial charge in [0.05, 0.1) is 17.2 Å². The van der Waals surface area contributed by atoms with Gasteiger partial charge >= 0.3 is 12.1 Å². The lowest BCUT2D eigenvalue weighted by molar-refractivity contribution is -0.138. The van der Waals surface area contributed by atoms with E-state index in [1.165, 1.54) is 6.92 Å². The Labute approximate surface area is 103 Å². The van der Waals surface area contributed by atoms with Crippen molar-refractivity contribution in [2.24, 2.45) is 0 Å². The second-order valence-electron chi connectivity index (χ2n) is 4.15. The number of carbonyl (C=O) groups is 1. The van der Waals surface area contributed by atoms with Gasteiger partial charge in [-0.25, -0.2) is 4.79 Å². The van der Waals surface area contributed by atoms with Crippen LogP contribution in [0.25, 0.3) is 0 Å². The molecule has 0 radical (unpaired) electrons. The first-order valence-electron chi connectivity index (χ1n) is 5.31. The van der Waals surface area contributed by atoms with E-state index >= 15 is 0 Å². The van der Waals surface area contributed by atoms with Gasteiger partial charge in [0.2, 0.25) is 0 Å². The number of halogens is 3. The first-order chi connectivity index (χ1) is 8.14. The quantitative estimate of drug-likeness (QED) is 0.657. The van der Waals surface area contributed by atoms with Crippen molar-refractivity contribution in [3.63, 3.8) is 0 Å². The fraction of sp³-hybridized carbons (Fsp3) is 0.417. The smallest absolute Gasteiger partial charge is 0.416 e. The summed E-state index contributed by atoms with van der Waals surface area (Å²) in [4.78, 5) is 11.6. The second kappa shape index (κ2) is 4.88. The molecule has 18 heavy (non-hydrogen) atoms. The summed E-state index contributed by atoms with van der Waals surface area (Å²) >= 11 is 0. The number of nitrogens with two attached hydrogens (primary N) is 1. The van der Waals surface area contributed by atoms with Crippen molar-refractivity contribution < 1.29 is 22.7 Å². The summed E-state index contributed by atoms with van der Waals surface area (Å²) in [6.07, 6.45) is -4.85. The Bertz CT molecular complexity index is 467. The number of anilines is 1. The summed E-state index contributed by atoms with van der Waals surface area (Å²) < 4.78 is 42.7. The topological polar surface area (TPSA) is 52.3 Å². The van der Waals surface area contributed by atoms with Gasteiger partial charge in [0.25, 0.3) is 0 Å². The Hall–Kier alpha value is -1.72. The lowest BCUT2D eigenvalue weighted by Gasteiger charge is -2.15. The molecule has 0 saturated carbocycles. The molecule has 0 atom stereocenters. The Balaban J connectivity index is 3.20. The van der Waals surface area contributed by atoms with Gasteiger partial charge in [0, 0.05) is 5.69 Å². The number of ether oxygens (including phenoxy) is 1. The Morgan fingerprint density at radius 2 is 1.89 bits per heavy atom. The lowest BCUT2D eigenvalue weighted by Crippen LogP contribution is -2.16. The number of esters is 1. The third kappa shape index (κ3) is 2.94. The van der Waals surface area contributed by atoms with E-state index in [1.807, 2.05) is 0 Å². The number of nitrogen functional groups attached to an aromatic ring is 1. The molecular formula is C12H14F3NO2. The molecule has 3 nitrogen and oxygen atoms in total. The molecule has 0 aromatic heterocycles. The van der Waals surface area contributed by atoms with E-state index in [4.69, 9.17) is 10.5 Å². The van der Waals surface area contributed by atoms with Crippen LogP contribution in [0.2, 0.25) is 0 Å². The average Bonchev–Trinajstić information content (AvgIpc) is 2.18. The van der Waals surface area contributed by atoms with Crippen LogP contribution < -0.4 is 5.73 Å². The highest BCUT2D eigenvalue weighted by molar-refractivity contribution is 5.96. The summed E-state index contributed by atoms with van der Waals surface area (Å²) in [6, 6.07) is 1.87. The number of rotatable bonds is 2. The van der Waals surface area contributed by atoms with Gasteiger partial charge in [0.1, 0.15) is 0 Å². The molecule has 1 rings (SSSR count). The molecular weight excluding hydrogens is 247 g/mol. The van der Waals surface area contributed by atoms with Crippen LogP contribution in [0.5, 0.6) is 0 Å². The van der Waals surface area contributed by atoms with Gasteiger partial charge in [-0.2, -0.15) is 13.2 Å². The summed E-state index contributed by atoms with van der Waals surface area (Å²) in [5.41, 5.74) is 4.30. The van der Waals surface area contributed by atoms with Gasteiger partial charge < -0.3 is 10.5 Å². The molecule has 0 amide bonds. The zero-order valence-corrected chi connectivity index (χ0v) is 10.3. The van der Waals surface area contributed by atoms with Crippen molar-refractivity contribution >= 4 is 11.7 Å². The van der Waals surface area contributed by atoms with Crippen molar-refractivity contribution in [1.29, 1.82) is 0 Å². The highest BCUT2D eigenvalue weighted by Gasteiger charge is 2.34. The van der Waals surface area contributed by atoms with Crippen molar-refractivity contribution in [3.05, 3.63) is 28.8 Å².